The molecule has 1 saturated heterocycles. The fraction of sp³-hybridized carbons (Fsp3) is 0.923. The van der Waals surface area contributed by atoms with E-state index in [-0.39, 0.29) is 0 Å². The molecule has 0 radical (unpaired) electrons. The summed E-state index contributed by atoms with van der Waals surface area (Å²) < 4.78 is 1.26. The third-order valence-corrected chi connectivity index (χ3v) is 4.07. The van der Waals surface area contributed by atoms with Crippen LogP contribution in [0.1, 0.15) is 51.9 Å². The molecule has 0 aliphatic carbocycles. The summed E-state index contributed by atoms with van der Waals surface area (Å²) in [5.74, 6) is 1.51. The van der Waals surface area contributed by atoms with E-state index in [4.69, 9.17) is 4.99 Å². The molecule has 15 heavy (non-hydrogen) atoms. The highest BCUT2D eigenvalue weighted by Gasteiger charge is 2.34. The number of quaternary nitrogens is 1. The van der Waals surface area contributed by atoms with Gasteiger partial charge < -0.3 is 0 Å². The Bertz CT molecular complexity index is 227. The molecular formula is C13H25N2+. The van der Waals surface area contributed by atoms with Gasteiger partial charge in [0.05, 0.1) is 19.6 Å². The van der Waals surface area contributed by atoms with E-state index in [0.717, 1.165) is 6.54 Å². The number of nitrogens with zero attached hydrogens (tertiary/aromatic N) is 2. The zero-order valence-corrected chi connectivity index (χ0v) is 10.2. The number of hydrogen-bond acceptors (Lipinski definition) is 1. The van der Waals surface area contributed by atoms with Crippen LogP contribution in [0.25, 0.3) is 0 Å². The molecule has 0 atom stereocenters. The molecule has 0 aromatic heterocycles. The molecule has 0 aromatic carbocycles. The number of rotatable bonds is 1. The molecule has 2 nitrogen and oxygen atoms in total. The first-order valence-electron chi connectivity index (χ1n) is 6.77. The van der Waals surface area contributed by atoms with Crippen LogP contribution in [0.4, 0.5) is 0 Å². The van der Waals surface area contributed by atoms with Crippen LogP contribution >= 0.6 is 0 Å². The standard InChI is InChI=1S/C13H25N2/c1-2-13-14-9-5-3-6-10-15(13)11-7-4-8-12-15/h2-12H2,1H3/q+1. The van der Waals surface area contributed by atoms with Crippen molar-refractivity contribution in [2.45, 2.75) is 51.9 Å². The number of aliphatic imine (C=N–C) groups is 1. The van der Waals surface area contributed by atoms with Crippen LogP contribution in [0.5, 0.6) is 0 Å². The van der Waals surface area contributed by atoms with E-state index in [1.54, 1.807) is 0 Å². The Morgan fingerprint density at radius 1 is 0.933 bits per heavy atom. The van der Waals surface area contributed by atoms with Crippen LogP contribution in [-0.4, -0.2) is 36.5 Å². The molecular weight excluding hydrogens is 184 g/mol. The van der Waals surface area contributed by atoms with E-state index in [1.165, 1.54) is 74.9 Å². The lowest BCUT2D eigenvalue weighted by Gasteiger charge is -2.42. The van der Waals surface area contributed by atoms with Gasteiger partial charge in [0.2, 0.25) is 0 Å². The maximum atomic E-state index is 4.87. The van der Waals surface area contributed by atoms with Crippen LogP contribution in [0, 0.1) is 0 Å². The topological polar surface area (TPSA) is 12.4 Å². The molecule has 0 aromatic rings. The Morgan fingerprint density at radius 3 is 2.13 bits per heavy atom. The zero-order chi connectivity index (χ0) is 10.6. The van der Waals surface area contributed by atoms with E-state index in [2.05, 4.69) is 6.92 Å². The lowest BCUT2D eigenvalue weighted by Crippen LogP contribution is -2.56. The van der Waals surface area contributed by atoms with Crippen molar-refractivity contribution >= 4 is 5.84 Å². The van der Waals surface area contributed by atoms with Gasteiger partial charge in [-0.25, -0.2) is 4.99 Å². The van der Waals surface area contributed by atoms with E-state index in [1.807, 2.05) is 0 Å². The van der Waals surface area contributed by atoms with Crippen molar-refractivity contribution in [3.05, 3.63) is 0 Å². The molecule has 2 heteroatoms. The second-order valence-electron chi connectivity index (χ2n) is 5.09. The first-order valence-corrected chi connectivity index (χ1v) is 6.77. The minimum Gasteiger partial charge on any atom is -0.279 e. The average molecular weight is 209 g/mol. The number of amidine groups is 1. The molecule has 0 unspecified atom stereocenters. The molecule has 2 aliphatic rings. The lowest BCUT2D eigenvalue weighted by molar-refractivity contribution is -0.849. The molecule has 0 bridgehead atoms. The van der Waals surface area contributed by atoms with Gasteiger partial charge in [-0.05, 0) is 38.5 Å². The minimum absolute atomic E-state index is 1.09. The van der Waals surface area contributed by atoms with Crippen molar-refractivity contribution in [1.82, 2.24) is 0 Å². The fourth-order valence-corrected chi connectivity index (χ4v) is 3.24. The van der Waals surface area contributed by atoms with Gasteiger partial charge in [-0.15, -0.1) is 0 Å². The maximum absolute atomic E-state index is 4.87. The SMILES string of the molecule is CCC1=NCCCCC[N+]12CCCCC2. The lowest BCUT2D eigenvalue weighted by atomic mass is 10.0. The number of hydrogen-bond donors (Lipinski definition) is 0. The smallest absolute Gasteiger partial charge is 0.197 e. The van der Waals surface area contributed by atoms with E-state index >= 15 is 0 Å². The quantitative estimate of drug-likeness (QED) is 0.589. The van der Waals surface area contributed by atoms with Crippen molar-refractivity contribution in [3.63, 3.8) is 0 Å². The molecule has 2 aliphatic heterocycles. The highest BCUT2D eigenvalue weighted by Crippen LogP contribution is 2.24. The highest BCUT2D eigenvalue weighted by atomic mass is 15.4. The van der Waals surface area contributed by atoms with Crippen LogP contribution < -0.4 is 0 Å². The van der Waals surface area contributed by atoms with Gasteiger partial charge in [-0.1, -0.05) is 6.92 Å². The van der Waals surface area contributed by atoms with Gasteiger partial charge in [0.25, 0.3) is 0 Å². The number of piperidine rings is 1. The third-order valence-electron chi connectivity index (χ3n) is 4.07. The minimum atomic E-state index is 1.09. The summed E-state index contributed by atoms with van der Waals surface area (Å²) in [4.78, 5) is 4.87. The predicted octanol–water partition coefficient (Wildman–Crippen LogP) is 2.98. The summed E-state index contributed by atoms with van der Waals surface area (Å²) in [7, 11) is 0. The van der Waals surface area contributed by atoms with E-state index in [9.17, 15) is 0 Å². The monoisotopic (exact) mass is 209 g/mol. The van der Waals surface area contributed by atoms with Crippen LogP contribution in [0.2, 0.25) is 0 Å². The summed E-state index contributed by atoms with van der Waals surface area (Å²) in [6, 6.07) is 0. The Morgan fingerprint density at radius 2 is 1.53 bits per heavy atom. The molecule has 0 amide bonds. The fourth-order valence-electron chi connectivity index (χ4n) is 3.24. The average Bonchev–Trinajstić information content (AvgIpc) is 2.26. The predicted molar refractivity (Wildman–Crippen MR) is 65.2 cm³/mol. The normalized spacial score (nSPS) is 26.9. The van der Waals surface area contributed by atoms with Gasteiger partial charge in [0.1, 0.15) is 0 Å². The third kappa shape index (κ3) is 2.41. The van der Waals surface area contributed by atoms with Crippen molar-refractivity contribution in [3.8, 4) is 0 Å². The summed E-state index contributed by atoms with van der Waals surface area (Å²) in [5.41, 5.74) is 0. The summed E-state index contributed by atoms with van der Waals surface area (Å²) in [5, 5.41) is 0. The maximum Gasteiger partial charge on any atom is 0.197 e. The molecule has 0 saturated carbocycles. The molecule has 86 valence electrons. The molecule has 1 fully saturated rings. The Kier molecular flexibility index (Phi) is 3.79. The zero-order valence-electron chi connectivity index (χ0n) is 10.2. The first kappa shape index (κ1) is 11.1. The molecule has 2 rings (SSSR count). The van der Waals surface area contributed by atoms with Crippen LogP contribution in [0.15, 0.2) is 4.99 Å². The Labute approximate surface area is 94.0 Å². The summed E-state index contributed by atoms with van der Waals surface area (Å²) >= 11 is 0. The second-order valence-corrected chi connectivity index (χ2v) is 5.09. The van der Waals surface area contributed by atoms with Crippen molar-refractivity contribution < 1.29 is 4.48 Å². The highest BCUT2D eigenvalue weighted by molar-refractivity contribution is 5.75. The van der Waals surface area contributed by atoms with Crippen molar-refractivity contribution in [2.24, 2.45) is 4.99 Å². The summed E-state index contributed by atoms with van der Waals surface area (Å²) in [6.07, 6.45) is 9.55. The Hall–Kier alpha value is -0.370. The first-order chi connectivity index (χ1) is 7.37. The van der Waals surface area contributed by atoms with Gasteiger partial charge in [-0.3, -0.25) is 4.48 Å². The van der Waals surface area contributed by atoms with Gasteiger partial charge >= 0.3 is 0 Å². The largest absolute Gasteiger partial charge is 0.279 e. The van der Waals surface area contributed by atoms with Crippen molar-refractivity contribution in [2.75, 3.05) is 26.2 Å². The van der Waals surface area contributed by atoms with Crippen LogP contribution in [0.3, 0.4) is 0 Å². The molecule has 2 heterocycles. The van der Waals surface area contributed by atoms with Gasteiger partial charge in [0.15, 0.2) is 5.84 Å². The van der Waals surface area contributed by atoms with Gasteiger partial charge in [0, 0.05) is 13.0 Å². The van der Waals surface area contributed by atoms with E-state index < -0.39 is 0 Å². The molecule has 0 N–H and O–H groups in total. The summed E-state index contributed by atoms with van der Waals surface area (Å²) in [6.45, 7) is 7.48. The Balaban J connectivity index is 2.17. The van der Waals surface area contributed by atoms with Crippen LogP contribution in [-0.2, 0) is 0 Å². The van der Waals surface area contributed by atoms with Gasteiger partial charge in [-0.2, -0.15) is 0 Å². The van der Waals surface area contributed by atoms with Crippen molar-refractivity contribution in [1.29, 1.82) is 0 Å². The molecule has 1 spiro atoms. The second kappa shape index (κ2) is 5.11. The van der Waals surface area contributed by atoms with E-state index in [0.29, 0.717) is 0 Å².